The molecule has 0 spiro atoms. The van der Waals surface area contributed by atoms with Gasteiger partial charge in [-0.25, -0.2) is 0 Å². The summed E-state index contributed by atoms with van der Waals surface area (Å²) in [6.45, 7) is 6.02. The molecule has 2 nitrogen and oxygen atoms in total. The fourth-order valence-electron chi connectivity index (χ4n) is 1.57. The van der Waals surface area contributed by atoms with E-state index in [9.17, 15) is 0 Å². The molecule has 0 aliphatic rings. The molecule has 0 saturated carbocycles. The Labute approximate surface area is 107 Å². The maximum atomic E-state index is 5.62. The summed E-state index contributed by atoms with van der Waals surface area (Å²) in [5.41, 5.74) is 0. The number of hydrogen-bond donors (Lipinski definition) is 1. The maximum Gasteiger partial charge on any atom is 0.120 e. The van der Waals surface area contributed by atoms with Gasteiger partial charge < -0.3 is 10.1 Å². The van der Waals surface area contributed by atoms with E-state index in [1.807, 2.05) is 24.3 Å². The molecule has 90 valence electrons. The van der Waals surface area contributed by atoms with Gasteiger partial charge in [0.25, 0.3) is 0 Å². The number of rotatable bonds is 7. The van der Waals surface area contributed by atoms with Crippen molar-refractivity contribution in [2.75, 3.05) is 13.2 Å². The van der Waals surface area contributed by atoms with Crippen molar-refractivity contribution in [3.05, 3.63) is 28.7 Å². The normalized spacial score (nSPS) is 12.4. The average molecular weight is 286 g/mol. The van der Waals surface area contributed by atoms with E-state index >= 15 is 0 Å². The summed E-state index contributed by atoms with van der Waals surface area (Å²) in [6.07, 6.45) is 2.44. The zero-order valence-corrected chi connectivity index (χ0v) is 11.6. The van der Waals surface area contributed by atoms with Crippen LogP contribution < -0.4 is 10.1 Å². The molecule has 0 heterocycles. The van der Waals surface area contributed by atoms with E-state index in [0.29, 0.717) is 12.6 Å². The Hall–Kier alpha value is -0.540. The SMILES string of the molecule is CCCC(C)NCCOc1cccc(Br)c1. The van der Waals surface area contributed by atoms with E-state index in [-0.39, 0.29) is 0 Å². The molecular formula is C13H20BrNO. The third-order valence-electron chi connectivity index (χ3n) is 2.38. The van der Waals surface area contributed by atoms with Crippen LogP contribution >= 0.6 is 15.9 Å². The molecule has 0 fully saturated rings. The minimum Gasteiger partial charge on any atom is -0.492 e. The predicted octanol–water partition coefficient (Wildman–Crippen LogP) is 3.61. The summed E-state index contributed by atoms with van der Waals surface area (Å²) in [7, 11) is 0. The highest BCUT2D eigenvalue weighted by Gasteiger charge is 1.99. The Kier molecular flexibility index (Phi) is 6.50. The second-order valence-electron chi connectivity index (χ2n) is 3.95. The van der Waals surface area contributed by atoms with Crippen LogP contribution in [0.1, 0.15) is 26.7 Å². The van der Waals surface area contributed by atoms with Crippen molar-refractivity contribution in [1.29, 1.82) is 0 Å². The standard InChI is InChI=1S/C13H20BrNO/c1-3-5-11(2)15-8-9-16-13-7-4-6-12(14)10-13/h4,6-7,10-11,15H,3,5,8-9H2,1-2H3. The minimum absolute atomic E-state index is 0.580. The van der Waals surface area contributed by atoms with Gasteiger partial charge >= 0.3 is 0 Å². The topological polar surface area (TPSA) is 21.3 Å². The molecular weight excluding hydrogens is 266 g/mol. The molecule has 0 bridgehead atoms. The molecule has 0 aliphatic heterocycles. The molecule has 1 N–H and O–H groups in total. The van der Waals surface area contributed by atoms with Gasteiger partial charge in [-0.3, -0.25) is 0 Å². The van der Waals surface area contributed by atoms with Crippen molar-refractivity contribution in [3.8, 4) is 5.75 Å². The molecule has 0 amide bonds. The van der Waals surface area contributed by atoms with Gasteiger partial charge in [0.1, 0.15) is 12.4 Å². The lowest BCUT2D eigenvalue weighted by Gasteiger charge is -2.13. The van der Waals surface area contributed by atoms with Gasteiger partial charge in [-0.2, -0.15) is 0 Å². The van der Waals surface area contributed by atoms with Crippen LogP contribution in [0, 0.1) is 0 Å². The first kappa shape index (κ1) is 13.5. The summed E-state index contributed by atoms with van der Waals surface area (Å²) in [4.78, 5) is 0. The Bertz CT molecular complexity index is 304. The molecule has 0 aliphatic carbocycles. The van der Waals surface area contributed by atoms with E-state index in [1.165, 1.54) is 12.8 Å². The molecule has 1 atom stereocenters. The van der Waals surface area contributed by atoms with Crippen molar-refractivity contribution < 1.29 is 4.74 Å². The highest BCUT2D eigenvalue weighted by atomic mass is 79.9. The second-order valence-corrected chi connectivity index (χ2v) is 4.87. The molecule has 0 saturated heterocycles. The van der Waals surface area contributed by atoms with Crippen LogP contribution in [0.25, 0.3) is 0 Å². The molecule has 0 radical (unpaired) electrons. The molecule has 1 unspecified atom stereocenters. The number of benzene rings is 1. The van der Waals surface area contributed by atoms with Crippen LogP contribution in [0.5, 0.6) is 5.75 Å². The van der Waals surface area contributed by atoms with Crippen molar-refractivity contribution in [1.82, 2.24) is 5.32 Å². The largest absolute Gasteiger partial charge is 0.492 e. The van der Waals surface area contributed by atoms with Crippen LogP contribution in [-0.2, 0) is 0 Å². The predicted molar refractivity (Wildman–Crippen MR) is 72.0 cm³/mol. The second kappa shape index (κ2) is 7.69. The summed E-state index contributed by atoms with van der Waals surface area (Å²) in [6, 6.07) is 8.51. The van der Waals surface area contributed by atoms with Gasteiger partial charge in [0.05, 0.1) is 0 Å². The fraction of sp³-hybridized carbons (Fsp3) is 0.538. The van der Waals surface area contributed by atoms with Crippen LogP contribution in [0.4, 0.5) is 0 Å². The zero-order chi connectivity index (χ0) is 11.8. The Morgan fingerprint density at radius 3 is 2.94 bits per heavy atom. The quantitative estimate of drug-likeness (QED) is 0.773. The summed E-state index contributed by atoms with van der Waals surface area (Å²) >= 11 is 3.42. The van der Waals surface area contributed by atoms with Gasteiger partial charge in [-0.1, -0.05) is 35.3 Å². The van der Waals surface area contributed by atoms with Crippen LogP contribution in [0.3, 0.4) is 0 Å². The van der Waals surface area contributed by atoms with Gasteiger partial charge in [0, 0.05) is 17.1 Å². The summed E-state index contributed by atoms with van der Waals surface area (Å²) in [5.74, 6) is 0.916. The van der Waals surface area contributed by atoms with Crippen LogP contribution in [0.2, 0.25) is 0 Å². The van der Waals surface area contributed by atoms with Crippen molar-refractivity contribution in [2.24, 2.45) is 0 Å². The smallest absolute Gasteiger partial charge is 0.120 e. The van der Waals surface area contributed by atoms with Crippen LogP contribution in [-0.4, -0.2) is 19.2 Å². The minimum atomic E-state index is 0.580. The van der Waals surface area contributed by atoms with E-state index in [4.69, 9.17) is 4.74 Å². The Morgan fingerprint density at radius 2 is 2.25 bits per heavy atom. The molecule has 16 heavy (non-hydrogen) atoms. The monoisotopic (exact) mass is 285 g/mol. The summed E-state index contributed by atoms with van der Waals surface area (Å²) < 4.78 is 6.68. The molecule has 1 aromatic carbocycles. The number of halogens is 1. The molecule has 0 aromatic heterocycles. The Balaban J connectivity index is 2.16. The van der Waals surface area contributed by atoms with E-state index in [1.54, 1.807) is 0 Å². The van der Waals surface area contributed by atoms with Crippen molar-refractivity contribution in [3.63, 3.8) is 0 Å². The first-order valence-corrected chi connectivity index (χ1v) is 6.63. The maximum absolute atomic E-state index is 5.62. The molecule has 1 rings (SSSR count). The van der Waals surface area contributed by atoms with Gasteiger partial charge in [0.2, 0.25) is 0 Å². The number of nitrogens with one attached hydrogen (secondary N) is 1. The molecule has 3 heteroatoms. The summed E-state index contributed by atoms with van der Waals surface area (Å²) in [5, 5.41) is 3.43. The first-order chi connectivity index (χ1) is 7.72. The highest BCUT2D eigenvalue weighted by Crippen LogP contribution is 2.17. The van der Waals surface area contributed by atoms with Crippen LogP contribution in [0.15, 0.2) is 28.7 Å². The van der Waals surface area contributed by atoms with E-state index < -0.39 is 0 Å². The van der Waals surface area contributed by atoms with E-state index in [0.717, 1.165) is 16.8 Å². The van der Waals surface area contributed by atoms with Crippen molar-refractivity contribution >= 4 is 15.9 Å². The highest BCUT2D eigenvalue weighted by molar-refractivity contribution is 9.10. The molecule has 1 aromatic rings. The third kappa shape index (κ3) is 5.52. The van der Waals surface area contributed by atoms with Gasteiger partial charge in [-0.05, 0) is 31.5 Å². The Morgan fingerprint density at radius 1 is 1.44 bits per heavy atom. The van der Waals surface area contributed by atoms with E-state index in [2.05, 4.69) is 35.1 Å². The lowest BCUT2D eigenvalue weighted by molar-refractivity contribution is 0.305. The van der Waals surface area contributed by atoms with Crippen molar-refractivity contribution in [2.45, 2.75) is 32.7 Å². The zero-order valence-electron chi connectivity index (χ0n) is 10.0. The lowest BCUT2D eigenvalue weighted by atomic mass is 10.2. The third-order valence-corrected chi connectivity index (χ3v) is 2.87. The number of hydrogen-bond acceptors (Lipinski definition) is 2. The lowest BCUT2D eigenvalue weighted by Crippen LogP contribution is -2.29. The fourth-order valence-corrected chi connectivity index (χ4v) is 1.94. The average Bonchev–Trinajstić information content (AvgIpc) is 2.25. The van der Waals surface area contributed by atoms with Gasteiger partial charge in [-0.15, -0.1) is 0 Å². The first-order valence-electron chi connectivity index (χ1n) is 5.84. The number of ether oxygens (including phenoxy) is 1. The van der Waals surface area contributed by atoms with Gasteiger partial charge in [0.15, 0.2) is 0 Å².